The zero-order chi connectivity index (χ0) is 19.5. The summed E-state index contributed by atoms with van der Waals surface area (Å²) in [5.41, 5.74) is 2.93. The van der Waals surface area contributed by atoms with Gasteiger partial charge in [0.25, 0.3) is 0 Å². The van der Waals surface area contributed by atoms with Crippen molar-refractivity contribution in [2.75, 3.05) is 11.9 Å². The van der Waals surface area contributed by atoms with E-state index in [2.05, 4.69) is 29.3 Å². The maximum atomic E-state index is 12.8. The molecule has 1 aliphatic heterocycles. The summed E-state index contributed by atoms with van der Waals surface area (Å²) in [6.45, 7) is 4.97. The average molecular weight is 376 g/mol. The van der Waals surface area contributed by atoms with Gasteiger partial charge in [0, 0.05) is 17.8 Å². The van der Waals surface area contributed by atoms with Crippen LogP contribution in [0.25, 0.3) is 11.4 Å². The third-order valence-electron chi connectivity index (χ3n) is 5.10. The van der Waals surface area contributed by atoms with E-state index in [1.807, 2.05) is 54.6 Å². The molecule has 0 spiro atoms. The predicted molar refractivity (Wildman–Crippen MR) is 108 cm³/mol. The van der Waals surface area contributed by atoms with E-state index in [0.29, 0.717) is 24.2 Å². The Morgan fingerprint density at radius 3 is 2.61 bits per heavy atom. The molecule has 2 heterocycles. The number of benzene rings is 2. The fourth-order valence-corrected chi connectivity index (χ4v) is 3.49. The minimum Gasteiger partial charge on any atom is -0.337 e. The zero-order valence-corrected chi connectivity index (χ0v) is 16.1. The van der Waals surface area contributed by atoms with E-state index in [-0.39, 0.29) is 12.1 Å². The van der Waals surface area contributed by atoms with Crippen molar-refractivity contribution in [1.29, 1.82) is 0 Å². The molecule has 28 heavy (non-hydrogen) atoms. The predicted octanol–water partition coefficient (Wildman–Crippen LogP) is 5.23. The summed E-state index contributed by atoms with van der Waals surface area (Å²) < 4.78 is 5.49. The van der Waals surface area contributed by atoms with Gasteiger partial charge in [-0.2, -0.15) is 4.98 Å². The smallest absolute Gasteiger partial charge is 0.322 e. The van der Waals surface area contributed by atoms with Crippen LogP contribution in [0.2, 0.25) is 0 Å². The lowest BCUT2D eigenvalue weighted by Gasteiger charge is -2.22. The Balaban J connectivity index is 1.47. The molecule has 0 radical (unpaired) electrons. The number of rotatable bonds is 4. The van der Waals surface area contributed by atoms with E-state index in [4.69, 9.17) is 4.52 Å². The van der Waals surface area contributed by atoms with E-state index in [0.717, 1.165) is 24.1 Å². The first kappa shape index (κ1) is 18.2. The van der Waals surface area contributed by atoms with Crippen LogP contribution in [-0.2, 0) is 0 Å². The summed E-state index contributed by atoms with van der Waals surface area (Å²) >= 11 is 0. The Bertz CT molecular complexity index is 935. The topological polar surface area (TPSA) is 71.3 Å². The number of amides is 2. The zero-order valence-electron chi connectivity index (χ0n) is 16.1. The van der Waals surface area contributed by atoms with Crippen LogP contribution < -0.4 is 5.32 Å². The number of likely N-dealkylation sites (tertiary alicyclic amines) is 1. The minimum atomic E-state index is -0.195. The lowest BCUT2D eigenvalue weighted by molar-refractivity contribution is 0.193. The van der Waals surface area contributed by atoms with Crippen LogP contribution in [-0.4, -0.2) is 27.6 Å². The highest BCUT2D eigenvalue weighted by Gasteiger charge is 2.34. The van der Waals surface area contributed by atoms with Crippen molar-refractivity contribution in [3.05, 3.63) is 66.1 Å². The van der Waals surface area contributed by atoms with Gasteiger partial charge >= 0.3 is 6.03 Å². The maximum absolute atomic E-state index is 12.8. The van der Waals surface area contributed by atoms with E-state index in [1.165, 1.54) is 5.56 Å². The summed E-state index contributed by atoms with van der Waals surface area (Å²) in [5, 5.41) is 7.08. The van der Waals surface area contributed by atoms with Gasteiger partial charge in [-0.15, -0.1) is 0 Å². The Kier molecular flexibility index (Phi) is 5.10. The lowest BCUT2D eigenvalue weighted by Crippen LogP contribution is -2.34. The molecule has 0 aliphatic carbocycles. The van der Waals surface area contributed by atoms with E-state index >= 15 is 0 Å². The normalized spacial score (nSPS) is 16.5. The molecule has 1 saturated heterocycles. The van der Waals surface area contributed by atoms with Crippen molar-refractivity contribution in [3.8, 4) is 11.4 Å². The highest BCUT2D eigenvalue weighted by Crippen LogP contribution is 2.32. The van der Waals surface area contributed by atoms with E-state index in [9.17, 15) is 4.79 Å². The Hall–Kier alpha value is -3.15. The summed E-state index contributed by atoms with van der Waals surface area (Å²) in [7, 11) is 0. The molecule has 4 rings (SSSR count). The number of carbonyl (C=O) groups is 1. The monoisotopic (exact) mass is 376 g/mol. The minimum absolute atomic E-state index is 0.140. The molecule has 1 aliphatic rings. The van der Waals surface area contributed by atoms with Crippen LogP contribution in [0.3, 0.4) is 0 Å². The molecule has 3 aromatic rings. The Morgan fingerprint density at radius 2 is 1.89 bits per heavy atom. The molecule has 2 aromatic carbocycles. The highest BCUT2D eigenvalue weighted by molar-refractivity contribution is 5.89. The molecular formula is C22H24N4O2. The third kappa shape index (κ3) is 3.76. The summed E-state index contributed by atoms with van der Waals surface area (Å²) in [6, 6.07) is 17.3. The van der Waals surface area contributed by atoms with Crippen LogP contribution in [0.4, 0.5) is 10.5 Å². The number of hydrogen-bond acceptors (Lipinski definition) is 4. The average Bonchev–Trinajstić information content (AvgIpc) is 3.38. The maximum Gasteiger partial charge on any atom is 0.322 e. The standard InChI is InChI=1S/C22H24N4O2/c1-15(2)16-10-12-18(13-11-16)23-22(27)26-14-6-9-19(26)21-24-20(25-28-21)17-7-4-3-5-8-17/h3-5,7-8,10-13,15,19H,6,9,14H2,1-2H3,(H,23,27). The molecule has 1 atom stereocenters. The lowest BCUT2D eigenvalue weighted by atomic mass is 10.0. The first-order valence-electron chi connectivity index (χ1n) is 9.68. The number of carbonyl (C=O) groups excluding carboxylic acids is 1. The number of aromatic nitrogens is 2. The Morgan fingerprint density at radius 1 is 1.14 bits per heavy atom. The van der Waals surface area contributed by atoms with Crippen molar-refractivity contribution in [1.82, 2.24) is 15.0 Å². The molecule has 6 heteroatoms. The second kappa shape index (κ2) is 7.84. The van der Waals surface area contributed by atoms with E-state index < -0.39 is 0 Å². The third-order valence-corrected chi connectivity index (χ3v) is 5.10. The molecule has 1 aromatic heterocycles. The number of anilines is 1. The van der Waals surface area contributed by atoms with Gasteiger partial charge in [0.15, 0.2) is 0 Å². The molecule has 0 saturated carbocycles. The van der Waals surface area contributed by atoms with Crippen LogP contribution in [0, 0.1) is 0 Å². The first-order chi connectivity index (χ1) is 13.6. The van der Waals surface area contributed by atoms with E-state index in [1.54, 1.807) is 4.90 Å². The van der Waals surface area contributed by atoms with Gasteiger partial charge in [-0.05, 0) is 36.5 Å². The van der Waals surface area contributed by atoms with Crippen LogP contribution >= 0.6 is 0 Å². The van der Waals surface area contributed by atoms with Gasteiger partial charge in [-0.1, -0.05) is 61.5 Å². The molecule has 1 fully saturated rings. The number of nitrogens with one attached hydrogen (secondary N) is 1. The summed E-state index contributed by atoms with van der Waals surface area (Å²) in [5.74, 6) is 1.50. The SMILES string of the molecule is CC(C)c1ccc(NC(=O)N2CCCC2c2nc(-c3ccccc3)no2)cc1. The fourth-order valence-electron chi connectivity index (χ4n) is 3.49. The van der Waals surface area contributed by atoms with Crippen molar-refractivity contribution >= 4 is 11.7 Å². The second-order valence-electron chi connectivity index (χ2n) is 7.38. The van der Waals surface area contributed by atoms with Gasteiger partial charge in [-0.25, -0.2) is 4.79 Å². The molecule has 1 unspecified atom stereocenters. The first-order valence-corrected chi connectivity index (χ1v) is 9.68. The molecule has 2 amide bonds. The van der Waals surface area contributed by atoms with Crippen LogP contribution in [0.5, 0.6) is 0 Å². The number of urea groups is 1. The van der Waals surface area contributed by atoms with Crippen LogP contribution in [0.1, 0.15) is 50.1 Å². The van der Waals surface area contributed by atoms with Crippen molar-refractivity contribution in [3.63, 3.8) is 0 Å². The van der Waals surface area contributed by atoms with Crippen molar-refractivity contribution < 1.29 is 9.32 Å². The largest absolute Gasteiger partial charge is 0.337 e. The molecule has 144 valence electrons. The van der Waals surface area contributed by atoms with Gasteiger partial charge < -0.3 is 14.7 Å². The molecular weight excluding hydrogens is 352 g/mol. The Labute approximate surface area is 164 Å². The van der Waals surface area contributed by atoms with Gasteiger partial charge in [0.2, 0.25) is 11.7 Å². The molecule has 0 bridgehead atoms. The van der Waals surface area contributed by atoms with Gasteiger partial charge in [0.05, 0.1) is 0 Å². The summed E-state index contributed by atoms with van der Waals surface area (Å²) in [6.07, 6.45) is 1.73. The van der Waals surface area contributed by atoms with Gasteiger partial charge in [-0.3, -0.25) is 0 Å². The quantitative estimate of drug-likeness (QED) is 0.677. The second-order valence-corrected chi connectivity index (χ2v) is 7.38. The highest BCUT2D eigenvalue weighted by atomic mass is 16.5. The fraction of sp³-hybridized carbons (Fsp3) is 0.318. The van der Waals surface area contributed by atoms with Crippen LogP contribution in [0.15, 0.2) is 59.1 Å². The van der Waals surface area contributed by atoms with Crippen molar-refractivity contribution in [2.24, 2.45) is 0 Å². The molecule has 6 nitrogen and oxygen atoms in total. The number of hydrogen-bond donors (Lipinski definition) is 1. The van der Waals surface area contributed by atoms with Gasteiger partial charge in [0.1, 0.15) is 6.04 Å². The number of nitrogens with zero attached hydrogens (tertiary/aromatic N) is 3. The summed E-state index contributed by atoms with van der Waals surface area (Å²) in [4.78, 5) is 19.1. The molecule has 1 N–H and O–H groups in total. The van der Waals surface area contributed by atoms with Crippen molar-refractivity contribution in [2.45, 2.75) is 38.6 Å².